The second-order valence-corrected chi connectivity index (χ2v) is 7.32. The number of nitro groups is 2. The van der Waals surface area contributed by atoms with Crippen molar-refractivity contribution in [3.63, 3.8) is 0 Å². The van der Waals surface area contributed by atoms with E-state index in [1.54, 1.807) is 20.8 Å². The summed E-state index contributed by atoms with van der Waals surface area (Å²) in [6.45, 7) is 5.27. The van der Waals surface area contributed by atoms with Crippen LogP contribution in [0.4, 0.5) is 17.1 Å². The van der Waals surface area contributed by atoms with Crippen molar-refractivity contribution in [2.24, 2.45) is 5.10 Å². The number of benzene rings is 1. The Labute approximate surface area is 174 Å². The van der Waals surface area contributed by atoms with Gasteiger partial charge in [-0.25, -0.2) is 0 Å². The predicted octanol–water partition coefficient (Wildman–Crippen LogP) is 2.09. The number of amides is 1. The molecular formula is C18H19N5O8. The Kier molecular flexibility index (Phi) is 6.69. The van der Waals surface area contributed by atoms with Gasteiger partial charge in [-0.2, -0.15) is 5.10 Å². The van der Waals surface area contributed by atoms with Gasteiger partial charge >= 0.3 is 0 Å². The van der Waals surface area contributed by atoms with Crippen LogP contribution < -0.4 is 16.2 Å². The summed E-state index contributed by atoms with van der Waals surface area (Å²) in [6.07, 6.45) is 0.614. The molecule has 1 amide bonds. The number of hydrazone groups is 1. The van der Waals surface area contributed by atoms with Crippen molar-refractivity contribution in [1.82, 2.24) is 5.43 Å². The van der Waals surface area contributed by atoms with Crippen molar-refractivity contribution in [1.29, 1.82) is 0 Å². The molecule has 3 N–H and O–H groups in total. The molecule has 0 spiro atoms. The first-order valence-corrected chi connectivity index (χ1v) is 8.76. The molecule has 13 nitrogen and oxygen atoms in total. The largest absolute Gasteiger partial charge is 0.502 e. The van der Waals surface area contributed by atoms with E-state index in [1.165, 1.54) is 0 Å². The monoisotopic (exact) mass is 433 g/mol. The van der Waals surface area contributed by atoms with Gasteiger partial charge in [-0.3, -0.25) is 29.8 Å². The summed E-state index contributed by atoms with van der Waals surface area (Å²) >= 11 is 0. The molecule has 0 aliphatic heterocycles. The van der Waals surface area contributed by atoms with Crippen molar-refractivity contribution >= 4 is 28.7 Å². The van der Waals surface area contributed by atoms with Crippen LogP contribution >= 0.6 is 0 Å². The lowest BCUT2D eigenvalue weighted by atomic mass is 10.1. The van der Waals surface area contributed by atoms with Crippen LogP contribution in [0.15, 0.2) is 44.8 Å². The summed E-state index contributed by atoms with van der Waals surface area (Å²) in [7, 11) is 0. The lowest BCUT2D eigenvalue weighted by Crippen LogP contribution is -2.35. The predicted molar refractivity (Wildman–Crippen MR) is 109 cm³/mol. The van der Waals surface area contributed by atoms with Crippen LogP contribution in [-0.2, 0) is 11.2 Å². The molecule has 1 aromatic carbocycles. The molecule has 31 heavy (non-hydrogen) atoms. The Morgan fingerprint density at radius 2 is 1.87 bits per heavy atom. The molecule has 0 radical (unpaired) electrons. The number of carbonyl (C=O) groups is 1. The van der Waals surface area contributed by atoms with Gasteiger partial charge in [-0.05, 0) is 26.8 Å². The topological polar surface area (TPSA) is 190 Å². The van der Waals surface area contributed by atoms with E-state index in [0.717, 1.165) is 24.5 Å². The summed E-state index contributed by atoms with van der Waals surface area (Å²) in [4.78, 5) is 44.9. The van der Waals surface area contributed by atoms with Gasteiger partial charge < -0.3 is 20.3 Å². The number of hydrogen-bond acceptors (Lipinski definition) is 10. The number of rotatable bonds is 7. The SMILES string of the molecule is CC(C)(C)N/N=C(\Cc1occc(=O)c1O)C(=O)Nc1ccc([N+](=O)[O-])cc1[N+](=O)[O-]. The van der Waals surface area contributed by atoms with Crippen LogP contribution in [0.5, 0.6) is 5.75 Å². The molecule has 0 saturated heterocycles. The zero-order chi connectivity index (χ0) is 23.3. The van der Waals surface area contributed by atoms with Crippen molar-refractivity contribution in [2.45, 2.75) is 32.7 Å². The second kappa shape index (κ2) is 9.02. The molecule has 0 unspecified atom stereocenters. The lowest BCUT2D eigenvalue weighted by Gasteiger charge is -2.19. The van der Waals surface area contributed by atoms with Gasteiger partial charge in [0.15, 0.2) is 5.76 Å². The highest BCUT2D eigenvalue weighted by Crippen LogP contribution is 2.29. The standard InChI is InChI=1S/C18H19N5O8/c1-18(2,3)21-20-12(9-15-16(25)14(24)6-7-31-15)17(26)19-11-5-4-10(22(27)28)8-13(11)23(29)30/h4-8,21,25H,9H2,1-3H3,(H,19,26)/b20-12+. The molecule has 13 heteroatoms. The molecule has 0 atom stereocenters. The summed E-state index contributed by atoms with van der Waals surface area (Å²) in [5.41, 5.74) is -0.377. The number of anilines is 1. The Hall–Kier alpha value is -4.29. The van der Waals surface area contributed by atoms with E-state index in [2.05, 4.69) is 15.8 Å². The van der Waals surface area contributed by atoms with Crippen molar-refractivity contribution in [2.75, 3.05) is 5.32 Å². The third kappa shape index (κ3) is 6.09. The van der Waals surface area contributed by atoms with Crippen LogP contribution in [0.25, 0.3) is 0 Å². The van der Waals surface area contributed by atoms with E-state index in [0.29, 0.717) is 6.07 Å². The maximum atomic E-state index is 12.8. The average molecular weight is 433 g/mol. The maximum Gasteiger partial charge on any atom is 0.299 e. The van der Waals surface area contributed by atoms with Gasteiger partial charge in [-0.15, -0.1) is 0 Å². The fourth-order valence-corrected chi connectivity index (χ4v) is 2.22. The van der Waals surface area contributed by atoms with E-state index < -0.39 is 50.3 Å². The molecule has 0 aliphatic rings. The zero-order valence-corrected chi connectivity index (χ0v) is 16.7. The Morgan fingerprint density at radius 1 is 1.19 bits per heavy atom. The first-order valence-electron chi connectivity index (χ1n) is 8.76. The molecule has 2 rings (SSSR count). The fraction of sp³-hybridized carbons (Fsp3) is 0.278. The van der Waals surface area contributed by atoms with Gasteiger partial charge in [0.05, 0.1) is 28.6 Å². The minimum atomic E-state index is -0.917. The van der Waals surface area contributed by atoms with Crippen LogP contribution in [0.1, 0.15) is 26.5 Å². The van der Waals surface area contributed by atoms with Crippen LogP contribution in [0, 0.1) is 20.2 Å². The van der Waals surface area contributed by atoms with Crippen LogP contribution in [0.2, 0.25) is 0 Å². The molecule has 2 aromatic rings. The zero-order valence-electron chi connectivity index (χ0n) is 16.7. The first-order chi connectivity index (χ1) is 14.4. The van der Waals surface area contributed by atoms with Crippen molar-refractivity contribution in [3.05, 3.63) is 66.7 Å². The highest BCUT2D eigenvalue weighted by molar-refractivity contribution is 6.43. The maximum absolute atomic E-state index is 12.8. The fourth-order valence-electron chi connectivity index (χ4n) is 2.22. The molecular weight excluding hydrogens is 414 g/mol. The number of aromatic hydroxyl groups is 1. The lowest BCUT2D eigenvalue weighted by molar-refractivity contribution is -0.393. The normalized spacial score (nSPS) is 11.6. The summed E-state index contributed by atoms with van der Waals surface area (Å²) in [5.74, 6) is -1.87. The number of nitro benzene ring substituents is 2. The minimum absolute atomic E-state index is 0.240. The van der Waals surface area contributed by atoms with Crippen molar-refractivity contribution < 1.29 is 24.2 Å². The van der Waals surface area contributed by atoms with Gasteiger partial charge in [0.25, 0.3) is 17.3 Å². The van der Waals surface area contributed by atoms with E-state index >= 15 is 0 Å². The molecule has 164 valence electrons. The Morgan fingerprint density at radius 3 is 2.45 bits per heavy atom. The van der Waals surface area contributed by atoms with Gasteiger partial charge in [0.2, 0.25) is 11.2 Å². The summed E-state index contributed by atoms with van der Waals surface area (Å²) in [6, 6.07) is 3.71. The molecule has 0 saturated carbocycles. The number of nitrogens with zero attached hydrogens (tertiary/aromatic N) is 3. The van der Waals surface area contributed by atoms with E-state index in [4.69, 9.17) is 4.42 Å². The second-order valence-electron chi connectivity index (χ2n) is 7.32. The number of non-ortho nitro benzene ring substituents is 1. The highest BCUT2D eigenvalue weighted by Gasteiger charge is 2.24. The van der Waals surface area contributed by atoms with E-state index in [9.17, 15) is 34.9 Å². The molecule has 0 fully saturated rings. The van der Waals surface area contributed by atoms with E-state index in [1.807, 2.05) is 0 Å². The van der Waals surface area contributed by atoms with Gasteiger partial charge in [-0.1, -0.05) is 0 Å². The summed E-state index contributed by atoms with van der Waals surface area (Å²) in [5, 5.41) is 38.3. The average Bonchev–Trinajstić information content (AvgIpc) is 2.67. The third-order valence-electron chi connectivity index (χ3n) is 3.68. The third-order valence-corrected chi connectivity index (χ3v) is 3.68. The first kappa shape index (κ1) is 23.0. The molecule has 0 aliphatic carbocycles. The number of carbonyl (C=O) groups excluding carboxylic acids is 1. The Balaban J connectivity index is 2.42. The van der Waals surface area contributed by atoms with Crippen molar-refractivity contribution in [3.8, 4) is 5.75 Å². The molecule has 1 aromatic heterocycles. The Bertz CT molecular complexity index is 1120. The summed E-state index contributed by atoms with van der Waals surface area (Å²) < 4.78 is 5.08. The molecule has 0 bridgehead atoms. The minimum Gasteiger partial charge on any atom is -0.502 e. The van der Waals surface area contributed by atoms with Crippen LogP contribution in [0.3, 0.4) is 0 Å². The number of hydrogen-bond donors (Lipinski definition) is 3. The smallest absolute Gasteiger partial charge is 0.299 e. The van der Waals surface area contributed by atoms with Gasteiger partial charge in [0.1, 0.15) is 11.4 Å². The molecule has 1 heterocycles. The highest BCUT2D eigenvalue weighted by atomic mass is 16.6. The number of nitrogens with one attached hydrogen (secondary N) is 2. The quantitative estimate of drug-likeness (QED) is 0.333. The van der Waals surface area contributed by atoms with Gasteiger partial charge in [0, 0.05) is 17.7 Å². The van der Waals surface area contributed by atoms with Crippen LogP contribution in [-0.4, -0.2) is 32.1 Å². The van der Waals surface area contributed by atoms with E-state index in [-0.39, 0.29) is 17.2 Å².